The van der Waals surface area contributed by atoms with Crippen molar-refractivity contribution in [1.29, 1.82) is 0 Å². The van der Waals surface area contributed by atoms with Crippen LogP contribution in [0.4, 0.5) is 0 Å². The molecule has 0 aliphatic heterocycles. The number of carbonyl (C=O) groups excluding carboxylic acids is 1. The van der Waals surface area contributed by atoms with E-state index in [-0.39, 0.29) is 16.9 Å². The second kappa shape index (κ2) is 3.10. The highest BCUT2D eigenvalue weighted by molar-refractivity contribution is 6.04. The number of phenols is 1. The zero-order valence-electron chi connectivity index (χ0n) is 7.86. The van der Waals surface area contributed by atoms with Crippen molar-refractivity contribution in [3.63, 3.8) is 0 Å². The van der Waals surface area contributed by atoms with E-state index in [4.69, 9.17) is 5.73 Å². The van der Waals surface area contributed by atoms with Gasteiger partial charge in [0.1, 0.15) is 5.75 Å². The SMILES string of the molecule is NCC1(C(=O)c2ccccc2O)CC1. The maximum absolute atomic E-state index is 11.9. The van der Waals surface area contributed by atoms with Gasteiger partial charge in [-0.25, -0.2) is 0 Å². The molecule has 3 nitrogen and oxygen atoms in total. The van der Waals surface area contributed by atoms with E-state index in [1.165, 1.54) is 6.07 Å². The third-order valence-corrected chi connectivity index (χ3v) is 2.87. The van der Waals surface area contributed by atoms with Gasteiger partial charge in [0.15, 0.2) is 5.78 Å². The molecule has 14 heavy (non-hydrogen) atoms. The predicted molar refractivity (Wildman–Crippen MR) is 53.2 cm³/mol. The fourth-order valence-electron chi connectivity index (χ4n) is 1.63. The number of hydrogen-bond acceptors (Lipinski definition) is 3. The molecule has 1 aliphatic rings. The molecular weight excluding hydrogens is 178 g/mol. The van der Waals surface area contributed by atoms with Crippen molar-refractivity contribution in [2.45, 2.75) is 12.8 Å². The summed E-state index contributed by atoms with van der Waals surface area (Å²) in [7, 11) is 0. The average Bonchev–Trinajstić information content (AvgIpc) is 2.98. The molecule has 1 fully saturated rings. The fraction of sp³-hybridized carbons (Fsp3) is 0.364. The van der Waals surface area contributed by atoms with Crippen molar-refractivity contribution in [3.05, 3.63) is 29.8 Å². The molecule has 0 heterocycles. The van der Waals surface area contributed by atoms with Gasteiger partial charge >= 0.3 is 0 Å². The molecule has 0 saturated heterocycles. The minimum Gasteiger partial charge on any atom is -0.507 e. The third kappa shape index (κ3) is 1.30. The van der Waals surface area contributed by atoms with Crippen LogP contribution in [-0.2, 0) is 0 Å². The number of aromatic hydroxyl groups is 1. The molecule has 3 heteroatoms. The summed E-state index contributed by atoms with van der Waals surface area (Å²) in [5, 5.41) is 9.51. The lowest BCUT2D eigenvalue weighted by molar-refractivity contribution is 0.0903. The van der Waals surface area contributed by atoms with Gasteiger partial charge in [0, 0.05) is 12.0 Å². The fourth-order valence-corrected chi connectivity index (χ4v) is 1.63. The quantitative estimate of drug-likeness (QED) is 0.708. The standard InChI is InChI=1S/C11H13NO2/c12-7-11(5-6-11)10(14)8-3-1-2-4-9(8)13/h1-4,13H,5-7,12H2. The van der Waals surface area contributed by atoms with Gasteiger partial charge in [-0.05, 0) is 25.0 Å². The molecule has 1 saturated carbocycles. The van der Waals surface area contributed by atoms with Crippen LogP contribution in [0.5, 0.6) is 5.75 Å². The molecule has 0 bridgehead atoms. The Morgan fingerprint density at radius 3 is 2.57 bits per heavy atom. The number of hydrogen-bond donors (Lipinski definition) is 2. The van der Waals surface area contributed by atoms with Gasteiger partial charge in [-0.3, -0.25) is 4.79 Å². The van der Waals surface area contributed by atoms with Crippen LogP contribution in [-0.4, -0.2) is 17.4 Å². The molecule has 0 radical (unpaired) electrons. The summed E-state index contributed by atoms with van der Waals surface area (Å²) in [4.78, 5) is 11.9. The Bertz CT molecular complexity index is 369. The number of Topliss-reactive ketones (excluding diaryl/α,β-unsaturated/α-hetero) is 1. The first-order valence-electron chi connectivity index (χ1n) is 4.72. The van der Waals surface area contributed by atoms with Crippen LogP contribution < -0.4 is 5.73 Å². The zero-order chi connectivity index (χ0) is 10.2. The molecule has 0 spiro atoms. The van der Waals surface area contributed by atoms with Crippen molar-refractivity contribution in [2.24, 2.45) is 11.1 Å². The van der Waals surface area contributed by atoms with Crippen LogP contribution in [0.3, 0.4) is 0 Å². The zero-order valence-corrected chi connectivity index (χ0v) is 7.86. The summed E-state index contributed by atoms with van der Waals surface area (Å²) in [6.07, 6.45) is 1.69. The molecule has 2 rings (SSSR count). The van der Waals surface area contributed by atoms with Crippen LogP contribution >= 0.6 is 0 Å². The Labute approximate surface area is 82.5 Å². The van der Waals surface area contributed by atoms with Gasteiger partial charge in [-0.15, -0.1) is 0 Å². The molecule has 1 aromatic carbocycles. The largest absolute Gasteiger partial charge is 0.507 e. The number of rotatable bonds is 3. The minimum atomic E-state index is -0.376. The number of benzene rings is 1. The van der Waals surface area contributed by atoms with E-state index in [0.717, 1.165) is 12.8 Å². The number of phenolic OH excluding ortho intramolecular Hbond substituents is 1. The molecule has 0 amide bonds. The first-order valence-corrected chi connectivity index (χ1v) is 4.72. The van der Waals surface area contributed by atoms with Gasteiger partial charge in [-0.1, -0.05) is 12.1 Å². The second-order valence-electron chi connectivity index (χ2n) is 3.83. The second-order valence-corrected chi connectivity index (χ2v) is 3.83. The molecule has 0 unspecified atom stereocenters. The molecule has 1 aromatic rings. The maximum atomic E-state index is 11.9. The van der Waals surface area contributed by atoms with Crippen molar-refractivity contribution < 1.29 is 9.90 Å². The molecule has 74 valence electrons. The third-order valence-electron chi connectivity index (χ3n) is 2.87. The Morgan fingerprint density at radius 1 is 1.43 bits per heavy atom. The number of ketones is 1. The minimum absolute atomic E-state index is 0.0156. The van der Waals surface area contributed by atoms with Gasteiger partial charge in [-0.2, -0.15) is 0 Å². The average molecular weight is 191 g/mol. The van der Waals surface area contributed by atoms with Gasteiger partial charge in [0.2, 0.25) is 0 Å². The van der Waals surface area contributed by atoms with E-state index in [0.29, 0.717) is 12.1 Å². The normalized spacial score (nSPS) is 17.8. The highest BCUT2D eigenvalue weighted by atomic mass is 16.3. The van der Waals surface area contributed by atoms with Crippen LogP contribution in [0.2, 0.25) is 0 Å². The van der Waals surface area contributed by atoms with Crippen molar-refractivity contribution in [2.75, 3.05) is 6.54 Å². The lowest BCUT2D eigenvalue weighted by Crippen LogP contribution is -2.25. The lowest BCUT2D eigenvalue weighted by atomic mass is 9.94. The van der Waals surface area contributed by atoms with Crippen molar-refractivity contribution >= 4 is 5.78 Å². The van der Waals surface area contributed by atoms with Gasteiger partial charge in [0.25, 0.3) is 0 Å². The molecule has 1 aliphatic carbocycles. The summed E-state index contributed by atoms with van der Waals surface area (Å²) < 4.78 is 0. The van der Waals surface area contributed by atoms with E-state index in [2.05, 4.69) is 0 Å². The van der Waals surface area contributed by atoms with Crippen LogP contribution in [0.25, 0.3) is 0 Å². The smallest absolute Gasteiger partial charge is 0.173 e. The Hall–Kier alpha value is -1.35. The molecule has 0 atom stereocenters. The van der Waals surface area contributed by atoms with E-state index in [1.807, 2.05) is 0 Å². The number of nitrogens with two attached hydrogens (primary N) is 1. The number of para-hydroxylation sites is 1. The monoisotopic (exact) mass is 191 g/mol. The molecular formula is C11H13NO2. The first-order chi connectivity index (χ1) is 6.69. The van der Waals surface area contributed by atoms with E-state index in [1.54, 1.807) is 18.2 Å². The van der Waals surface area contributed by atoms with E-state index in [9.17, 15) is 9.90 Å². The summed E-state index contributed by atoms with van der Waals surface area (Å²) in [5.74, 6) is 0.0373. The first kappa shape index (κ1) is 9.21. The molecule has 3 N–H and O–H groups in total. The Balaban J connectivity index is 2.32. The van der Waals surface area contributed by atoms with Gasteiger partial charge < -0.3 is 10.8 Å². The Kier molecular flexibility index (Phi) is 2.04. The molecule has 0 aromatic heterocycles. The highest BCUT2D eigenvalue weighted by Crippen LogP contribution is 2.48. The topological polar surface area (TPSA) is 63.3 Å². The lowest BCUT2D eigenvalue weighted by Gasteiger charge is -2.11. The highest BCUT2D eigenvalue weighted by Gasteiger charge is 2.49. The number of carbonyl (C=O) groups is 1. The summed E-state index contributed by atoms with van der Waals surface area (Å²) in [6, 6.07) is 6.63. The Morgan fingerprint density at radius 2 is 2.07 bits per heavy atom. The maximum Gasteiger partial charge on any atom is 0.173 e. The summed E-state index contributed by atoms with van der Waals surface area (Å²) in [5.41, 5.74) is 5.58. The van der Waals surface area contributed by atoms with Crippen LogP contribution in [0.15, 0.2) is 24.3 Å². The van der Waals surface area contributed by atoms with Crippen LogP contribution in [0.1, 0.15) is 23.2 Å². The summed E-state index contributed by atoms with van der Waals surface area (Å²) in [6.45, 7) is 0.375. The van der Waals surface area contributed by atoms with Crippen molar-refractivity contribution in [1.82, 2.24) is 0 Å². The van der Waals surface area contributed by atoms with E-state index < -0.39 is 0 Å². The summed E-state index contributed by atoms with van der Waals surface area (Å²) >= 11 is 0. The van der Waals surface area contributed by atoms with Crippen LogP contribution in [0, 0.1) is 5.41 Å². The van der Waals surface area contributed by atoms with Crippen molar-refractivity contribution in [3.8, 4) is 5.75 Å². The predicted octanol–water partition coefficient (Wildman–Crippen LogP) is 1.31. The van der Waals surface area contributed by atoms with Gasteiger partial charge in [0.05, 0.1) is 5.56 Å². The van der Waals surface area contributed by atoms with E-state index >= 15 is 0 Å².